The number of ether oxygens (including phenoxy) is 1. The standard InChI is InChI=1S/C14H14N2O2/c1-18-14(17)10-7-11(15)13(12(16)8-10)9-5-3-2-4-6-9/h2-8H,15-16H2,1H3. The SMILES string of the molecule is COC(=O)c1cc(N)c(-c2ccccc2)c(N)c1. The van der Waals surface area contributed by atoms with Gasteiger partial charge in [-0.2, -0.15) is 0 Å². The van der Waals surface area contributed by atoms with Crippen LogP contribution in [0.15, 0.2) is 42.5 Å². The lowest BCUT2D eigenvalue weighted by Gasteiger charge is -2.11. The van der Waals surface area contributed by atoms with Gasteiger partial charge in [-0.1, -0.05) is 30.3 Å². The van der Waals surface area contributed by atoms with Crippen molar-refractivity contribution >= 4 is 17.3 Å². The minimum atomic E-state index is -0.451. The number of nitrogen functional groups attached to an aromatic ring is 2. The fraction of sp³-hybridized carbons (Fsp3) is 0.0714. The smallest absolute Gasteiger partial charge is 0.337 e. The fourth-order valence-electron chi connectivity index (χ4n) is 1.86. The maximum Gasteiger partial charge on any atom is 0.337 e. The highest BCUT2D eigenvalue weighted by Crippen LogP contribution is 2.32. The van der Waals surface area contributed by atoms with Gasteiger partial charge in [0.15, 0.2) is 0 Å². The molecular formula is C14H14N2O2. The number of hydrogen-bond donors (Lipinski definition) is 2. The first kappa shape index (κ1) is 12.0. The minimum absolute atomic E-state index is 0.354. The summed E-state index contributed by atoms with van der Waals surface area (Å²) < 4.78 is 4.64. The fourth-order valence-corrected chi connectivity index (χ4v) is 1.86. The number of methoxy groups -OCH3 is 1. The summed E-state index contributed by atoms with van der Waals surface area (Å²) in [6, 6.07) is 12.7. The molecule has 0 saturated heterocycles. The Morgan fingerprint density at radius 2 is 1.61 bits per heavy atom. The lowest BCUT2D eigenvalue weighted by molar-refractivity contribution is 0.0601. The van der Waals surface area contributed by atoms with Gasteiger partial charge >= 0.3 is 5.97 Å². The van der Waals surface area contributed by atoms with Crippen LogP contribution in [0.3, 0.4) is 0 Å². The van der Waals surface area contributed by atoms with Gasteiger partial charge in [-0.25, -0.2) is 4.79 Å². The molecule has 2 aromatic rings. The van der Waals surface area contributed by atoms with E-state index in [9.17, 15) is 4.79 Å². The Hall–Kier alpha value is -2.49. The Morgan fingerprint density at radius 3 is 2.11 bits per heavy atom. The summed E-state index contributed by atoms with van der Waals surface area (Å²) in [6.07, 6.45) is 0. The molecule has 2 rings (SSSR count). The lowest BCUT2D eigenvalue weighted by Crippen LogP contribution is -2.05. The molecule has 0 fully saturated rings. The van der Waals surface area contributed by atoms with E-state index in [0.717, 1.165) is 11.1 Å². The molecule has 0 radical (unpaired) electrons. The highest BCUT2D eigenvalue weighted by molar-refractivity contribution is 5.96. The molecule has 0 saturated carbocycles. The molecule has 0 aromatic heterocycles. The Balaban J connectivity index is 2.55. The van der Waals surface area contributed by atoms with Gasteiger partial charge in [-0.05, 0) is 17.7 Å². The first-order valence-electron chi connectivity index (χ1n) is 5.46. The van der Waals surface area contributed by atoms with Gasteiger partial charge in [0, 0.05) is 16.9 Å². The van der Waals surface area contributed by atoms with Gasteiger partial charge in [-0.15, -0.1) is 0 Å². The van der Waals surface area contributed by atoms with E-state index in [1.165, 1.54) is 7.11 Å². The molecule has 2 aromatic carbocycles. The predicted octanol–water partition coefficient (Wildman–Crippen LogP) is 2.30. The second-order valence-corrected chi connectivity index (χ2v) is 3.89. The Morgan fingerprint density at radius 1 is 1.06 bits per heavy atom. The van der Waals surface area contributed by atoms with Crippen molar-refractivity contribution in [3.05, 3.63) is 48.0 Å². The zero-order chi connectivity index (χ0) is 13.1. The molecule has 0 aliphatic heterocycles. The van der Waals surface area contributed by atoms with Crippen LogP contribution in [-0.4, -0.2) is 13.1 Å². The Bertz CT molecular complexity index is 557. The van der Waals surface area contributed by atoms with Crippen LogP contribution >= 0.6 is 0 Å². The number of hydrogen-bond acceptors (Lipinski definition) is 4. The first-order valence-corrected chi connectivity index (χ1v) is 5.46. The van der Waals surface area contributed by atoms with E-state index in [4.69, 9.17) is 11.5 Å². The lowest BCUT2D eigenvalue weighted by atomic mass is 9.99. The summed E-state index contributed by atoms with van der Waals surface area (Å²) in [5.41, 5.74) is 14.9. The van der Waals surface area contributed by atoms with E-state index in [1.54, 1.807) is 12.1 Å². The second kappa shape index (κ2) is 4.79. The highest BCUT2D eigenvalue weighted by atomic mass is 16.5. The van der Waals surface area contributed by atoms with E-state index in [-0.39, 0.29) is 0 Å². The zero-order valence-corrected chi connectivity index (χ0v) is 10.0. The summed E-state index contributed by atoms with van der Waals surface area (Å²) in [7, 11) is 1.32. The van der Waals surface area contributed by atoms with E-state index in [2.05, 4.69) is 4.74 Å². The molecule has 0 unspecified atom stereocenters. The molecule has 4 nitrogen and oxygen atoms in total. The van der Waals surface area contributed by atoms with Crippen molar-refractivity contribution in [1.82, 2.24) is 0 Å². The second-order valence-electron chi connectivity index (χ2n) is 3.89. The van der Waals surface area contributed by atoms with Crippen molar-refractivity contribution < 1.29 is 9.53 Å². The maximum atomic E-state index is 11.4. The van der Waals surface area contributed by atoms with E-state index in [1.807, 2.05) is 30.3 Å². The number of rotatable bonds is 2. The van der Waals surface area contributed by atoms with Crippen LogP contribution in [0, 0.1) is 0 Å². The molecule has 0 amide bonds. The van der Waals surface area contributed by atoms with E-state index >= 15 is 0 Å². The van der Waals surface area contributed by atoms with Crippen molar-refractivity contribution in [3.63, 3.8) is 0 Å². The Kier molecular flexibility index (Phi) is 3.19. The summed E-state index contributed by atoms with van der Waals surface area (Å²) in [4.78, 5) is 11.4. The van der Waals surface area contributed by atoms with Gasteiger partial charge in [0.05, 0.1) is 12.7 Å². The average molecular weight is 242 g/mol. The molecule has 0 aliphatic rings. The largest absolute Gasteiger partial charge is 0.465 e. The third kappa shape index (κ3) is 2.13. The van der Waals surface area contributed by atoms with Crippen molar-refractivity contribution in [2.45, 2.75) is 0 Å². The average Bonchev–Trinajstić information content (AvgIpc) is 2.38. The number of carbonyl (C=O) groups is 1. The molecule has 92 valence electrons. The summed E-state index contributed by atoms with van der Waals surface area (Å²) >= 11 is 0. The molecule has 0 bridgehead atoms. The van der Waals surface area contributed by atoms with Gasteiger partial charge in [0.25, 0.3) is 0 Å². The van der Waals surface area contributed by atoms with E-state index in [0.29, 0.717) is 16.9 Å². The van der Waals surface area contributed by atoms with Crippen LogP contribution in [-0.2, 0) is 4.74 Å². The molecule has 0 atom stereocenters. The third-order valence-corrected chi connectivity index (χ3v) is 2.68. The van der Waals surface area contributed by atoms with Gasteiger partial charge in [-0.3, -0.25) is 0 Å². The van der Waals surface area contributed by atoms with Gasteiger partial charge in [0.2, 0.25) is 0 Å². The highest BCUT2D eigenvalue weighted by Gasteiger charge is 2.13. The molecule has 0 aliphatic carbocycles. The van der Waals surface area contributed by atoms with Crippen LogP contribution in [0.1, 0.15) is 10.4 Å². The summed E-state index contributed by atoms with van der Waals surface area (Å²) in [5.74, 6) is -0.451. The first-order chi connectivity index (χ1) is 8.63. The third-order valence-electron chi connectivity index (χ3n) is 2.68. The number of benzene rings is 2. The van der Waals surface area contributed by atoms with E-state index < -0.39 is 5.97 Å². The van der Waals surface area contributed by atoms with Crippen LogP contribution in [0.25, 0.3) is 11.1 Å². The quantitative estimate of drug-likeness (QED) is 0.625. The monoisotopic (exact) mass is 242 g/mol. The van der Waals surface area contributed by atoms with Crippen molar-refractivity contribution in [2.75, 3.05) is 18.6 Å². The van der Waals surface area contributed by atoms with Crippen LogP contribution in [0.4, 0.5) is 11.4 Å². The normalized spacial score (nSPS) is 10.1. The molecule has 4 heteroatoms. The van der Waals surface area contributed by atoms with Crippen molar-refractivity contribution in [3.8, 4) is 11.1 Å². The number of carbonyl (C=O) groups excluding carboxylic acids is 1. The van der Waals surface area contributed by atoms with Crippen molar-refractivity contribution in [2.24, 2.45) is 0 Å². The summed E-state index contributed by atoms with van der Waals surface area (Å²) in [5, 5.41) is 0. The molecule has 0 spiro atoms. The topological polar surface area (TPSA) is 78.3 Å². The minimum Gasteiger partial charge on any atom is -0.465 e. The number of nitrogens with two attached hydrogens (primary N) is 2. The number of anilines is 2. The Labute approximate surface area is 105 Å². The molecular weight excluding hydrogens is 228 g/mol. The van der Waals surface area contributed by atoms with Crippen LogP contribution in [0.2, 0.25) is 0 Å². The zero-order valence-electron chi connectivity index (χ0n) is 10.0. The molecule has 0 heterocycles. The maximum absolute atomic E-state index is 11.4. The number of esters is 1. The van der Waals surface area contributed by atoms with Gasteiger partial charge < -0.3 is 16.2 Å². The summed E-state index contributed by atoms with van der Waals surface area (Å²) in [6.45, 7) is 0. The molecule has 18 heavy (non-hydrogen) atoms. The van der Waals surface area contributed by atoms with Crippen molar-refractivity contribution in [1.29, 1.82) is 0 Å². The van der Waals surface area contributed by atoms with Crippen LogP contribution in [0.5, 0.6) is 0 Å². The predicted molar refractivity (Wildman–Crippen MR) is 72.0 cm³/mol. The van der Waals surface area contributed by atoms with Crippen LogP contribution < -0.4 is 11.5 Å². The van der Waals surface area contributed by atoms with Gasteiger partial charge in [0.1, 0.15) is 0 Å². The molecule has 4 N–H and O–H groups in total.